The van der Waals surface area contributed by atoms with Gasteiger partial charge in [-0.1, -0.05) is 35.5 Å². The summed E-state index contributed by atoms with van der Waals surface area (Å²) in [6, 6.07) is 15.1. The Labute approximate surface area is 166 Å². The van der Waals surface area contributed by atoms with Gasteiger partial charge in [0, 0.05) is 17.4 Å². The lowest BCUT2D eigenvalue weighted by atomic mass is 9.93. The van der Waals surface area contributed by atoms with E-state index in [1.807, 2.05) is 60.0 Å². The molecular formula is C22H18N4O3. The normalized spacial score (nSPS) is 12.9. The van der Waals surface area contributed by atoms with E-state index >= 15 is 0 Å². The van der Waals surface area contributed by atoms with Crippen molar-refractivity contribution < 1.29 is 14.3 Å². The summed E-state index contributed by atoms with van der Waals surface area (Å²) in [5.74, 6) is 0.280. The summed E-state index contributed by atoms with van der Waals surface area (Å²) >= 11 is 0. The van der Waals surface area contributed by atoms with Gasteiger partial charge in [0.1, 0.15) is 17.1 Å². The molecule has 2 heterocycles. The van der Waals surface area contributed by atoms with Gasteiger partial charge >= 0.3 is 0 Å². The van der Waals surface area contributed by atoms with E-state index in [1.54, 1.807) is 7.11 Å². The van der Waals surface area contributed by atoms with Gasteiger partial charge in [-0.25, -0.2) is 4.68 Å². The molecule has 0 aliphatic heterocycles. The molecule has 2 aromatic carbocycles. The van der Waals surface area contributed by atoms with Crippen LogP contribution < -0.4 is 4.74 Å². The molecule has 0 fully saturated rings. The SMILES string of the molecule is CCn1c2c(c3ccccc31)C(=O)c1nnn(Cc3ccc(OC)cc3)c1C2=O. The van der Waals surface area contributed by atoms with Crippen molar-refractivity contribution in [3.8, 4) is 5.75 Å². The number of ether oxygens (including phenoxy) is 1. The number of aromatic nitrogens is 4. The Morgan fingerprint density at radius 2 is 1.72 bits per heavy atom. The highest BCUT2D eigenvalue weighted by molar-refractivity contribution is 6.31. The maximum absolute atomic E-state index is 13.5. The number of nitrogens with zero attached hydrogens (tertiary/aromatic N) is 4. The first-order valence-corrected chi connectivity index (χ1v) is 9.41. The lowest BCUT2D eigenvalue weighted by Gasteiger charge is -2.14. The standard InChI is InChI=1S/C22H18N4O3/c1-3-25-16-7-5-4-6-15(16)17-19(25)22(28)20-18(21(17)27)23-24-26(20)12-13-8-10-14(29-2)11-9-13/h4-11H,3,12H2,1-2H3. The Morgan fingerprint density at radius 1 is 0.966 bits per heavy atom. The van der Waals surface area contributed by atoms with Crippen molar-refractivity contribution in [2.45, 2.75) is 20.0 Å². The molecule has 1 aliphatic carbocycles. The monoisotopic (exact) mass is 386 g/mol. The molecule has 0 saturated heterocycles. The smallest absolute Gasteiger partial charge is 0.230 e. The molecule has 144 valence electrons. The number of aryl methyl sites for hydroxylation is 1. The minimum absolute atomic E-state index is 0.120. The quantitative estimate of drug-likeness (QED) is 0.474. The van der Waals surface area contributed by atoms with E-state index in [9.17, 15) is 9.59 Å². The van der Waals surface area contributed by atoms with Crippen LogP contribution in [0.15, 0.2) is 48.5 Å². The summed E-state index contributed by atoms with van der Waals surface area (Å²) in [4.78, 5) is 26.7. The number of para-hydroxylation sites is 1. The highest BCUT2D eigenvalue weighted by atomic mass is 16.5. The Kier molecular flexibility index (Phi) is 3.84. The van der Waals surface area contributed by atoms with Crippen LogP contribution in [0, 0.1) is 0 Å². The second-order valence-electron chi connectivity index (χ2n) is 6.94. The van der Waals surface area contributed by atoms with Crippen molar-refractivity contribution in [3.63, 3.8) is 0 Å². The second-order valence-corrected chi connectivity index (χ2v) is 6.94. The zero-order valence-corrected chi connectivity index (χ0v) is 16.0. The number of hydrogen-bond acceptors (Lipinski definition) is 5. The molecule has 0 amide bonds. The fourth-order valence-corrected chi connectivity index (χ4v) is 4.03. The van der Waals surface area contributed by atoms with Crippen LogP contribution in [0.25, 0.3) is 10.9 Å². The first-order valence-electron chi connectivity index (χ1n) is 9.41. The van der Waals surface area contributed by atoms with Gasteiger partial charge in [0.05, 0.1) is 19.2 Å². The Bertz CT molecular complexity index is 1280. The van der Waals surface area contributed by atoms with Gasteiger partial charge < -0.3 is 9.30 Å². The number of carbonyl (C=O) groups excluding carboxylic acids is 2. The maximum Gasteiger partial charge on any atom is 0.230 e. The average Bonchev–Trinajstić information content (AvgIpc) is 3.32. The average molecular weight is 386 g/mol. The molecule has 7 heteroatoms. The molecular weight excluding hydrogens is 368 g/mol. The fraction of sp³-hybridized carbons (Fsp3) is 0.182. The lowest BCUT2D eigenvalue weighted by Crippen LogP contribution is -2.25. The van der Waals surface area contributed by atoms with E-state index < -0.39 is 0 Å². The molecule has 7 nitrogen and oxygen atoms in total. The highest BCUT2D eigenvalue weighted by Crippen LogP contribution is 2.34. The number of fused-ring (bicyclic) bond motifs is 4. The predicted molar refractivity (Wildman–Crippen MR) is 107 cm³/mol. The van der Waals surface area contributed by atoms with E-state index in [1.165, 1.54) is 4.68 Å². The number of hydrogen-bond donors (Lipinski definition) is 0. The van der Waals surface area contributed by atoms with E-state index in [4.69, 9.17) is 4.74 Å². The molecule has 2 aromatic heterocycles. The lowest BCUT2D eigenvalue weighted by molar-refractivity contribution is 0.0966. The first kappa shape index (κ1) is 17.4. The van der Waals surface area contributed by atoms with Crippen LogP contribution >= 0.6 is 0 Å². The molecule has 0 unspecified atom stereocenters. The van der Waals surface area contributed by atoms with E-state index in [0.29, 0.717) is 24.3 Å². The summed E-state index contributed by atoms with van der Waals surface area (Å²) in [6.07, 6.45) is 0. The highest BCUT2D eigenvalue weighted by Gasteiger charge is 2.39. The molecule has 0 bridgehead atoms. The van der Waals surface area contributed by atoms with Crippen LogP contribution in [0.1, 0.15) is 44.7 Å². The van der Waals surface area contributed by atoms with Gasteiger partial charge in [0.2, 0.25) is 11.6 Å². The number of carbonyl (C=O) groups is 2. The van der Waals surface area contributed by atoms with Gasteiger partial charge in [-0.05, 0) is 30.7 Å². The second kappa shape index (κ2) is 6.41. The third-order valence-electron chi connectivity index (χ3n) is 5.39. The Balaban J connectivity index is 1.64. The van der Waals surface area contributed by atoms with Crippen molar-refractivity contribution in [3.05, 3.63) is 76.7 Å². The molecule has 1 aliphatic rings. The summed E-state index contributed by atoms with van der Waals surface area (Å²) in [6.45, 7) is 2.89. The number of ketones is 2. The zero-order chi connectivity index (χ0) is 20.1. The topological polar surface area (TPSA) is 79.0 Å². The minimum atomic E-state index is -0.251. The van der Waals surface area contributed by atoms with Gasteiger partial charge in [0.25, 0.3) is 0 Å². The summed E-state index contributed by atoms with van der Waals surface area (Å²) in [7, 11) is 1.61. The third-order valence-corrected chi connectivity index (χ3v) is 5.39. The molecule has 0 spiro atoms. The van der Waals surface area contributed by atoms with Crippen LogP contribution in [0.2, 0.25) is 0 Å². The van der Waals surface area contributed by atoms with Crippen molar-refractivity contribution in [1.29, 1.82) is 0 Å². The number of rotatable bonds is 4. The minimum Gasteiger partial charge on any atom is -0.497 e. The molecule has 5 rings (SSSR count). The van der Waals surface area contributed by atoms with Crippen LogP contribution in [0.5, 0.6) is 5.75 Å². The number of benzene rings is 2. The first-order chi connectivity index (χ1) is 14.1. The van der Waals surface area contributed by atoms with Crippen molar-refractivity contribution >= 4 is 22.5 Å². The summed E-state index contributed by atoms with van der Waals surface area (Å²) < 4.78 is 8.60. The van der Waals surface area contributed by atoms with Crippen molar-refractivity contribution in [2.24, 2.45) is 0 Å². The Morgan fingerprint density at radius 3 is 2.45 bits per heavy atom. The molecule has 29 heavy (non-hydrogen) atoms. The zero-order valence-electron chi connectivity index (χ0n) is 16.0. The van der Waals surface area contributed by atoms with Gasteiger partial charge in [-0.2, -0.15) is 0 Å². The van der Waals surface area contributed by atoms with Gasteiger partial charge in [0.15, 0.2) is 5.69 Å². The Hall–Kier alpha value is -3.74. The van der Waals surface area contributed by atoms with Gasteiger partial charge in [-0.3, -0.25) is 9.59 Å². The van der Waals surface area contributed by atoms with Crippen molar-refractivity contribution in [2.75, 3.05) is 7.11 Å². The fourth-order valence-electron chi connectivity index (χ4n) is 4.03. The molecule has 4 aromatic rings. The van der Waals surface area contributed by atoms with Crippen LogP contribution in [0.4, 0.5) is 0 Å². The van der Waals surface area contributed by atoms with E-state index in [2.05, 4.69) is 10.3 Å². The van der Waals surface area contributed by atoms with Crippen LogP contribution in [-0.2, 0) is 13.1 Å². The molecule has 0 radical (unpaired) electrons. The number of methoxy groups -OCH3 is 1. The summed E-state index contributed by atoms with van der Waals surface area (Å²) in [5.41, 5.74) is 3.02. The van der Waals surface area contributed by atoms with E-state index in [0.717, 1.165) is 22.2 Å². The van der Waals surface area contributed by atoms with Gasteiger partial charge in [-0.15, -0.1) is 5.10 Å². The third kappa shape index (κ3) is 2.44. The summed E-state index contributed by atoms with van der Waals surface area (Å²) in [5, 5.41) is 8.96. The molecule has 0 atom stereocenters. The van der Waals surface area contributed by atoms with Crippen LogP contribution in [0.3, 0.4) is 0 Å². The molecule has 0 saturated carbocycles. The molecule has 0 N–H and O–H groups in total. The van der Waals surface area contributed by atoms with E-state index in [-0.39, 0.29) is 23.0 Å². The predicted octanol–water partition coefficient (Wildman–Crippen LogP) is 3.09. The largest absolute Gasteiger partial charge is 0.497 e. The van der Waals surface area contributed by atoms with Crippen molar-refractivity contribution in [1.82, 2.24) is 19.6 Å². The van der Waals surface area contributed by atoms with Crippen LogP contribution in [-0.4, -0.2) is 38.2 Å². The maximum atomic E-state index is 13.5.